The number of anilines is 2. The number of carbonyl (C=O) groups is 2. The summed E-state index contributed by atoms with van der Waals surface area (Å²) in [6, 6.07) is 13.5. The van der Waals surface area contributed by atoms with E-state index < -0.39 is 10.8 Å². The molecule has 2 aromatic rings. The van der Waals surface area contributed by atoms with E-state index in [1.165, 1.54) is 11.0 Å². The predicted molar refractivity (Wildman–Crippen MR) is 98.4 cm³/mol. The Morgan fingerprint density at radius 1 is 1.16 bits per heavy atom. The molecule has 6 heteroatoms. The van der Waals surface area contributed by atoms with Gasteiger partial charge in [-0.2, -0.15) is 0 Å². The Labute approximate surface area is 150 Å². The topological polar surface area (TPSA) is 49.4 Å². The van der Waals surface area contributed by atoms with Crippen LogP contribution in [0.3, 0.4) is 0 Å². The Hall–Kier alpha value is -2.34. The van der Waals surface area contributed by atoms with Gasteiger partial charge in [0.25, 0.3) is 0 Å². The van der Waals surface area contributed by atoms with Crippen molar-refractivity contribution in [1.82, 2.24) is 0 Å². The molecule has 1 N–H and O–H groups in total. The van der Waals surface area contributed by atoms with Crippen molar-refractivity contribution in [3.8, 4) is 0 Å². The molecular formula is C19H19FN2O2S. The Morgan fingerprint density at radius 2 is 1.80 bits per heavy atom. The molecule has 0 bridgehead atoms. The number of halogens is 1. The summed E-state index contributed by atoms with van der Waals surface area (Å²) in [7, 11) is 0. The molecule has 0 unspecified atom stereocenters. The van der Waals surface area contributed by atoms with Gasteiger partial charge in [-0.05, 0) is 45.0 Å². The molecule has 0 fully saturated rings. The zero-order chi connectivity index (χ0) is 18.2. The number of para-hydroxylation sites is 2. The average Bonchev–Trinajstić information content (AvgIpc) is 2.57. The van der Waals surface area contributed by atoms with Crippen LogP contribution in [0.5, 0.6) is 0 Å². The van der Waals surface area contributed by atoms with Crippen LogP contribution < -0.4 is 10.2 Å². The van der Waals surface area contributed by atoms with Gasteiger partial charge in [-0.15, -0.1) is 11.8 Å². The van der Waals surface area contributed by atoms with Crippen LogP contribution in [0.15, 0.2) is 53.4 Å². The SMILES string of the molecule is C[C@@H](Sc1ccccc1F)C(=O)N1c2ccccc2NC(=O)C1(C)C. The fourth-order valence-electron chi connectivity index (χ4n) is 2.81. The van der Waals surface area contributed by atoms with Crippen LogP contribution in [-0.4, -0.2) is 22.6 Å². The van der Waals surface area contributed by atoms with Gasteiger partial charge in [0.15, 0.2) is 0 Å². The number of carbonyl (C=O) groups excluding carboxylic acids is 2. The Kier molecular flexibility index (Phi) is 4.56. The van der Waals surface area contributed by atoms with Gasteiger partial charge in [0.2, 0.25) is 11.8 Å². The first kappa shape index (κ1) is 17.5. The Bertz CT molecular complexity index is 838. The third-order valence-electron chi connectivity index (χ3n) is 4.22. The second-order valence-corrected chi connectivity index (χ2v) is 7.78. The van der Waals surface area contributed by atoms with Crippen LogP contribution >= 0.6 is 11.8 Å². The zero-order valence-corrected chi connectivity index (χ0v) is 15.1. The number of nitrogens with one attached hydrogen (secondary N) is 1. The third-order valence-corrected chi connectivity index (χ3v) is 5.36. The molecule has 0 radical (unpaired) electrons. The fourth-order valence-corrected chi connectivity index (χ4v) is 3.73. The molecule has 0 saturated carbocycles. The van der Waals surface area contributed by atoms with Crippen LogP contribution in [0.1, 0.15) is 20.8 Å². The molecule has 1 heterocycles. The van der Waals surface area contributed by atoms with Crippen LogP contribution in [0.4, 0.5) is 15.8 Å². The maximum atomic E-state index is 13.9. The second kappa shape index (κ2) is 6.52. The first-order valence-corrected chi connectivity index (χ1v) is 8.86. The highest BCUT2D eigenvalue weighted by Crippen LogP contribution is 2.38. The number of benzene rings is 2. The van der Waals surface area contributed by atoms with Gasteiger partial charge in [0.05, 0.1) is 16.6 Å². The lowest BCUT2D eigenvalue weighted by molar-refractivity contribution is -0.126. The minimum Gasteiger partial charge on any atom is -0.322 e. The van der Waals surface area contributed by atoms with Crippen LogP contribution in [0, 0.1) is 5.82 Å². The first-order valence-electron chi connectivity index (χ1n) is 7.98. The second-order valence-electron chi connectivity index (χ2n) is 6.39. The molecule has 0 spiro atoms. The summed E-state index contributed by atoms with van der Waals surface area (Å²) in [5.74, 6) is -0.841. The van der Waals surface area contributed by atoms with E-state index in [0.717, 1.165) is 11.8 Å². The van der Waals surface area contributed by atoms with E-state index in [2.05, 4.69) is 5.32 Å². The molecular weight excluding hydrogens is 339 g/mol. The number of nitrogens with zero attached hydrogens (tertiary/aromatic N) is 1. The van der Waals surface area contributed by atoms with Crippen molar-refractivity contribution in [3.05, 3.63) is 54.3 Å². The number of thioether (sulfide) groups is 1. The molecule has 2 amide bonds. The predicted octanol–water partition coefficient (Wildman–Crippen LogP) is 4.07. The van der Waals surface area contributed by atoms with Crippen LogP contribution in [-0.2, 0) is 9.59 Å². The van der Waals surface area contributed by atoms with Crippen molar-refractivity contribution in [3.63, 3.8) is 0 Å². The molecule has 3 rings (SSSR count). The summed E-state index contributed by atoms with van der Waals surface area (Å²) in [4.78, 5) is 27.5. The van der Waals surface area contributed by atoms with E-state index in [0.29, 0.717) is 16.3 Å². The summed E-state index contributed by atoms with van der Waals surface area (Å²) in [5, 5.41) is 2.29. The average molecular weight is 358 g/mol. The molecule has 0 saturated heterocycles. The maximum absolute atomic E-state index is 13.9. The van der Waals surface area contributed by atoms with Crippen molar-refractivity contribution in [2.45, 2.75) is 36.5 Å². The van der Waals surface area contributed by atoms with Crippen molar-refractivity contribution >= 4 is 35.0 Å². The number of hydrogen-bond acceptors (Lipinski definition) is 3. The van der Waals surface area contributed by atoms with Gasteiger partial charge in [-0.3, -0.25) is 14.5 Å². The highest BCUT2D eigenvalue weighted by molar-refractivity contribution is 8.00. The minimum absolute atomic E-state index is 0.236. The van der Waals surface area contributed by atoms with E-state index in [1.54, 1.807) is 57.2 Å². The van der Waals surface area contributed by atoms with Gasteiger partial charge in [-0.1, -0.05) is 24.3 Å². The lowest BCUT2D eigenvalue weighted by Crippen LogP contribution is -2.60. The molecule has 0 aromatic heterocycles. The molecule has 25 heavy (non-hydrogen) atoms. The molecule has 4 nitrogen and oxygen atoms in total. The summed E-state index contributed by atoms with van der Waals surface area (Å²) < 4.78 is 13.9. The minimum atomic E-state index is -1.03. The quantitative estimate of drug-likeness (QED) is 0.842. The summed E-state index contributed by atoms with van der Waals surface area (Å²) in [5.41, 5.74) is 0.219. The number of amides is 2. The lowest BCUT2D eigenvalue weighted by atomic mass is 9.96. The molecule has 130 valence electrons. The molecule has 1 aliphatic rings. The summed E-state index contributed by atoms with van der Waals surface area (Å²) in [6.07, 6.45) is 0. The summed E-state index contributed by atoms with van der Waals surface area (Å²) in [6.45, 7) is 5.14. The van der Waals surface area contributed by atoms with Gasteiger partial charge < -0.3 is 5.32 Å². The summed E-state index contributed by atoms with van der Waals surface area (Å²) >= 11 is 1.15. The largest absolute Gasteiger partial charge is 0.322 e. The number of hydrogen-bond donors (Lipinski definition) is 1. The molecule has 1 atom stereocenters. The first-order chi connectivity index (χ1) is 11.8. The van der Waals surface area contributed by atoms with Crippen LogP contribution in [0.2, 0.25) is 0 Å². The standard InChI is InChI=1S/C19H19FN2O2S/c1-12(25-16-11-7-4-8-13(16)20)17(23)22-15-10-6-5-9-14(15)21-18(24)19(22,2)3/h4-12H,1-3H3,(H,21,24)/t12-/m1/s1. The van der Waals surface area contributed by atoms with E-state index in [-0.39, 0.29) is 17.6 Å². The Morgan fingerprint density at radius 3 is 2.52 bits per heavy atom. The van der Waals surface area contributed by atoms with Gasteiger partial charge in [0.1, 0.15) is 11.4 Å². The van der Waals surface area contributed by atoms with E-state index >= 15 is 0 Å². The lowest BCUT2D eigenvalue weighted by Gasteiger charge is -2.43. The number of rotatable bonds is 3. The highest BCUT2D eigenvalue weighted by atomic mass is 32.2. The monoisotopic (exact) mass is 358 g/mol. The van der Waals surface area contributed by atoms with Crippen molar-refractivity contribution in [1.29, 1.82) is 0 Å². The molecule has 2 aromatic carbocycles. The van der Waals surface area contributed by atoms with E-state index in [4.69, 9.17) is 0 Å². The highest BCUT2D eigenvalue weighted by Gasteiger charge is 2.44. The van der Waals surface area contributed by atoms with E-state index in [1.807, 2.05) is 6.07 Å². The molecule has 1 aliphatic heterocycles. The maximum Gasteiger partial charge on any atom is 0.250 e. The zero-order valence-electron chi connectivity index (χ0n) is 14.2. The van der Waals surface area contributed by atoms with Gasteiger partial charge in [0, 0.05) is 4.90 Å². The molecule has 0 aliphatic carbocycles. The van der Waals surface area contributed by atoms with Gasteiger partial charge >= 0.3 is 0 Å². The van der Waals surface area contributed by atoms with Gasteiger partial charge in [-0.25, -0.2) is 4.39 Å². The van der Waals surface area contributed by atoms with Crippen LogP contribution in [0.25, 0.3) is 0 Å². The fraction of sp³-hybridized carbons (Fsp3) is 0.263. The van der Waals surface area contributed by atoms with E-state index in [9.17, 15) is 14.0 Å². The van der Waals surface area contributed by atoms with Crippen molar-refractivity contribution < 1.29 is 14.0 Å². The Balaban J connectivity index is 1.94. The number of fused-ring (bicyclic) bond motifs is 1. The van der Waals surface area contributed by atoms with Crippen molar-refractivity contribution in [2.24, 2.45) is 0 Å². The third kappa shape index (κ3) is 3.14. The van der Waals surface area contributed by atoms with Crippen molar-refractivity contribution in [2.75, 3.05) is 10.2 Å². The smallest absolute Gasteiger partial charge is 0.250 e. The normalized spacial score (nSPS) is 16.8.